The number of hydrogen-bond acceptors (Lipinski definition) is 2. The van der Waals surface area contributed by atoms with Gasteiger partial charge in [0, 0.05) is 31.2 Å². The molecule has 2 fully saturated rings. The van der Waals surface area contributed by atoms with Gasteiger partial charge in [-0.2, -0.15) is 0 Å². The molecular formula is C19H29NO. The van der Waals surface area contributed by atoms with Crippen molar-refractivity contribution in [3.63, 3.8) is 0 Å². The third-order valence-corrected chi connectivity index (χ3v) is 5.46. The molecule has 0 aromatic heterocycles. The molecule has 0 amide bonds. The number of hydrogen-bond donors (Lipinski definition) is 1. The zero-order chi connectivity index (χ0) is 14.9. The molecule has 1 saturated carbocycles. The van der Waals surface area contributed by atoms with Crippen molar-refractivity contribution in [3.05, 3.63) is 35.4 Å². The van der Waals surface area contributed by atoms with E-state index in [1.54, 1.807) is 0 Å². The minimum absolute atomic E-state index is 0.341. The van der Waals surface area contributed by atoms with E-state index in [0.717, 1.165) is 19.8 Å². The molecule has 2 aliphatic rings. The molecule has 2 nitrogen and oxygen atoms in total. The van der Waals surface area contributed by atoms with Crippen LogP contribution in [0.5, 0.6) is 0 Å². The lowest BCUT2D eigenvalue weighted by Gasteiger charge is -2.59. The Hall–Kier alpha value is -0.860. The van der Waals surface area contributed by atoms with E-state index in [1.807, 2.05) is 0 Å². The molecule has 0 atom stereocenters. The molecule has 3 rings (SSSR count). The van der Waals surface area contributed by atoms with Crippen LogP contribution in [0, 0.1) is 12.3 Å². The van der Waals surface area contributed by atoms with Crippen LogP contribution in [0.25, 0.3) is 0 Å². The monoisotopic (exact) mass is 287 g/mol. The Morgan fingerprint density at radius 3 is 2.52 bits per heavy atom. The Kier molecular flexibility index (Phi) is 4.11. The van der Waals surface area contributed by atoms with Crippen LogP contribution in [-0.4, -0.2) is 25.8 Å². The van der Waals surface area contributed by atoms with Crippen LogP contribution in [0.4, 0.5) is 0 Å². The van der Waals surface area contributed by atoms with Crippen LogP contribution in [0.3, 0.4) is 0 Å². The molecule has 1 aliphatic carbocycles. The minimum Gasteiger partial charge on any atom is -0.381 e. The third kappa shape index (κ3) is 3.02. The van der Waals surface area contributed by atoms with E-state index in [0.29, 0.717) is 16.9 Å². The molecule has 0 unspecified atom stereocenters. The normalized spacial score (nSPS) is 23.2. The van der Waals surface area contributed by atoms with Crippen molar-refractivity contribution in [3.8, 4) is 0 Å². The first-order chi connectivity index (χ1) is 10.0. The lowest BCUT2D eigenvalue weighted by Crippen LogP contribution is -2.57. The molecule has 1 N–H and O–H groups in total. The van der Waals surface area contributed by atoms with Crippen molar-refractivity contribution in [2.75, 3.05) is 19.8 Å². The SMILES string of the molecule is Cc1cccc(C2(CNC(C)C)CC3(CCOCC3)C2)c1. The van der Waals surface area contributed by atoms with E-state index in [9.17, 15) is 0 Å². The molecule has 21 heavy (non-hydrogen) atoms. The van der Waals surface area contributed by atoms with Gasteiger partial charge in [0.2, 0.25) is 0 Å². The molecule has 116 valence electrons. The molecule has 1 saturated heterocycles. The van der Waals surface area contributed by atoms with Crippen molar-refractivity contribution in [2.24, 2.45) is 5.41 Å². The van der Waals surface area contributed by atoms with Crippen molar-refractivity contribution < 1.29 is 4.74 Å². The number of nitrogens with one attached hydrogen (secondary N) is 1. The summed E-state index contributed by atoms with van der Waals surface area (Å²) < 4.78 is 5.58. The van der Waals surface area contributed by atoms with Gasteiger partial charge in [0.15, 0.2) is 0 Å². The van der Waals surface area contributed by atoms with Crippen molar-refractivity contribution >= 4 is 0 Å². The second kappa shape index (κ2) is 5.73. The first-order valence-electron chi connectivity index (χ1n) is 8.42. The van der Waals surface area contributed by atoms with Gasteiger partial charge in [-0.25, -0.2) is 0 Å². The summed E-state index contributed by atoms with van der Waals surface area (Å²) in [6.07, 6.45) is 5.16. The summed E-state index contributed by atoms with van der Waals surface area (Å²) in [5.74, 6) is 0. The van der Waals surface area contributed by atoms with E-state index in [1.165, 1.54) is 36.8 Å². The van der Waals surface area contributed by atoms with E-state index in [-0.39, 0.29) is 0 Å². The Morgan fingerprint density at radius 2 is 1.90 bits per heavy atom. The van der Waals surface area contributed by atoms with Gasteiger partial charge in [-0.3, -0.25) is 0 Å². The van der Waals surface area contributed by atoms with Crippen LogP contribution in [-0.2, 0) is 10.2 Å². The van der Waals surface area contributed by atoms with Gasteiger partial charge in [-0.15, -0.1) is 0 Å². The molecule has 1 aliphatic heterocycles. The highest BCUT2D eigenvalue weighted by molar-refractivity contribution is 5.34. The molecule has 1 heterocycles. The van der Waals surface area contributed by atoms with Gasteiger partial charge in [0.25, 0.3) is 0 Å². The van der Waals surface area contributed by atoms with Crippen LogP contribution < -0.4 is 5.32 Å². The van der Waals surface area contributed by atoms with Crippen molar-refractivity contribution in [1.82, 2.24) is 5.32 Å². The first-order valence-corrected chi connectivity index (χ1v) is 8.42. The Balaban J connectivity index is 1.80. The second-order valence-corrected chi connectivity index (χ2v) is 7.65. The largest absolute Gasteiger partial charge is 0.381 e. The summed E-state index contributed by atoms with van der Waals surface area (Å²) in [4.78, 5) is 0. The fourth-order valence-corrected chi connectivity index (χ4v) is 4.35. The lowest BCUT2D eigenvalue weighted by molar-refractivity contribution is -0.0741. The van der Waals surface area contributed by atoms with Crippen LogP contribution in [0.1, 0.15) is 50.7 Å². The predicted molar refractivity (Wildman–Crippen MR) is 87.7 cm³/mol. The van der Waals surface area contributed by atoms with Crippen molar-refractivity contribution in [2.45, 2.75) is 57.9 Å². The Bertz CT molecular complexity index is 480. The fraction of sp³-hybridized carbons (Fsp3) is 0.684. The van der Waals surface area contributed by atoms with Gasteiger partial charge in [-0.1, -0.05) is 43.7 Å². The second-order valence-electron chi connectivity index (χ2n) is 7.65. The van der Waals surface area contributed by atoms with Crippen LogP contribution in [0.15, 0.2) is 24.3 Å². The highest BCUT2D eigenvalue weighted by Crippen LogP contribution is 2.60. The number of benzene rings is 1. The van der Waals surface area contributed by atoms with Gasteiger partial charge in [0.1, 0.15) is 0 Å². The molecular weight excluding hydrogens is 258 g/mol. The van der Waals surface area contributed by atoms with Gasteiger partial charge in [0.05, 0.1) is 0 Å². The summed E-state index contributed by atoms with van der Waals surface area (Å²) in [5.41, 5.74) is 3.81. The summed E-state index contributed by atoms with van der Waals surface area (Å²) in [6, 6.07) is 9.71. The third-order valence-electron chi connectivity index (χ3n) is 5.46. The topological polar surface area (TPSA) is 21.3 Å². The highest BCUT2D eigenvalue weighted by atomic mass is 16.5. The average molecular weight is 287 g/mol. The number of ether oxygens (including phenoxy) is 1. The Morgan fingerprint density at radius 1 is 1.19 bits per heavy atom. The zero-order valence-corrected chi connectivity index (χ0v) is 13.7. The first kappa shape index (κ1) is 15.1. The maximum atomic E-state index is 5.58. The summed E-state index contributed by atoms with van der Waals surface area (Å²) in [7, 11) is 0. The molecule has 1 aromatic rings. The summed E-state index contributed by atoms with van der Waals surface area (Å²) >= 11 is 0. The highest BCUT2D eigenvalue weighted by Gasteiger charge is 2.55. The van der Waals surface area contributed by atoms with Gasteiger partial charge in [-0.05, 0) is 43.6 Å². The average Bonchev–Trinajstić information content (AvgIpc) is 2.43. The van der Waals surface area contributed by atoms with Gasteiger partial charge < -0.3 is 10.1 Å². The minimum atomic E-state index is 0.341. The zero-order valence-electron chi connectivity index (χ0n) is 13.7. The maximum absolute atomic E-state index is 5.58. The van der Waals surface area contributed by atoms with E-state index < -0.39 is 0 Å². The predicted octanol–water partition coefficient (Wildman–Crippen LogP) is 3.82. The quantitative estimate of drug-likeness (QED) is 0.909. The number of rotatable bonds is 4. The summed E-state index contributed by atoms with van der Waals surface area (Å²) in [5, 5.41) is 3.70. The van der Waals surface area contributed by atoms with E-state index >= 15 is 0 Å². The van der Waals surface area contributed by atoms with Crippen molar-refractivity contribution in [1.29, 1.82) is 0 Å². The summed E-state index contributed by atoms with van der Waals surface area (Å²) in [6.45, 7) is 9.72. The standard InChI is InChI=1S/C19H29NO/c1-15(2)20-14-19(17-6-4-5-16(3)11-17)12-18(13-19)7-9-21-10-8-18/h4-6,11,15,20H,7-10,12-14H2,1-3H3. The molecule has 2 heteroatoms. The lowest BCUT2D eigenvalue weighted by atomic mass is 9.48. The molecule has 1 spiro atoms. The maximum Gasteiger partial charge on any atom is 0.0471 e. The smallest absolute Gasteiger partial charge is 0.0471 e. The van der Waals surface area contributed by atoms with E-state index in [4.69, 9.17) is 4.74 Å². The van der Waals surface area contributed by atoms with E-state index in [2.05, 4.69) is 50.4 Å². The Labute approximate surface area is 129 Å². The molecule has 0 bridgehead atoms. The van der Waals surface area contributed by atoms with Crippen LogP contribution in [0.2, 0.25) is 0 Å². The van der Waals surface area contributed by atoms with Crippen LogP contribution >= 0.6 is 0 Å². The van der Waals surface area contributed by atoms with Gasteiger partial charge >= 0.3 is 0 Å². The number of aryl methyl sites for hydroxylation is 1. The molecule has 1 aromatic carbocycles. The fourth-order valence-electron chi connectivity index (χ4n) is 4.35. The molecule has 0 radical (unpaired) electrons.